The highest BCUT2D eigenvalue weighted by Crippen LogP contribution is 2.24. The second-order valence-electron chi connectivity index (χ2n) is 4.56. The third-order valence-corrected chi connectivity index (χ3v) is 3.50. The van der Waals surface area contributed by atoms with E-state index >= 15 is 0 Å². The van der Waals surface area contributed by atoms with Crippen LogP contribution < -0.4 is 5.32 Å². The molecule has 0 unspecified atom stereocenters. The van der Waals surface area contributed by atoms with Crippen molar-refractivity contribution in [1.29, 1.82) is 0 Å². The molecule has 22 heavy (non-hydrogen) atoms. The number of esters is 1. The van der Waals surface area contributed by atoms with Gasteiger partial charge in [-0.3, -0.25) is 10.1 Å². The van der Waals surface area contributed by atoms with Crippen LogP contribution in [0.25, 0.3) is 11.3 Å². The number of nitrogens with one attached hydrogen (secondary N) is 1. The predicted octanol–water partition coefficient (Wildman–Crippen LogP) is 3.18. The standard InChI is InChI=1S/C16H16N2O3S/c1-3-4-15(20)21-9-14(19)18-16-17-13(10-22-16)12-7-5-11(2)6-8-12/h3-8,10H,9H2,1-2H3,(H,17,18,19)/b4-3+. The maximum absolute atomic E-state index is 11.7. The quantitative estimate of drug-likeness (QED) is 0.679. The number of carbonyl (C=O) groups excluding carboxylic acids is 2. The van der Waals surface area contributed by atoms with E-state index in [1.165, 1.54) is 23.0 Å². The molecule has 1 amide bonds. The van der Waals surface area contributed by atoms with Crippen molar-refractivity contribution in [2.45, 2.75) is 13.8 Å². The lowest BCUT2D eigenvalue weighted by Crippen LogP contribution is -2.20. The van der Waals surface area contributed by atoms with E-state index in [4.69, 9.17) is 4.74 Å². The molecule has 0 bridgehead atoms. The Kier molecular flexibility index (Phi) is 5.43. The van der Waals surface area contributed by atoms with E-state index in [2.05, 4.69) is 10.3 Å². The van der Waals surface area contributed by atoms with Gasteiger partial charge < -0.3 is 4.74 Å². The van der Waals surface area contributed by atoms with Crippen molar-refractivity contribution in [3.8, 4) is 11.3 Å². The summed E-state index contributed by atoms with van der Waals surface area (Å²) in [6.45, 7) is 3.39. The highest BCUT2D eigenvalue weighted by molar-refractivity contribution is 7.14. The van der Waals surface area contributed by atoms with Gasteiger partial charge >= 0.3 is 5.97 Å². The first-order chi connectivity index (χ1) is 10.6. The van der Waals surface area contributed by atoms with Gasteiger partial charge in [0.2, 0.25) is 0 Å². The van der Waals surface area contributed by atoms with Gasteiger partial charge in [0.25, 0.3) is 5.91 Å². The number of rotatable bonds is 5. The molecule has 1 aromatic carbocycles. The average Bonchev–Trinajstić information content (AvgIpc) is 2.95. The zero-order chi connectivity index (χ0) is 15.9. The summed E-state index contributed by atoms with van der Waals surface area (Å²) >= 11 is 1.32. The SMILES string of the molecule is C/C=C/C(=O)OCC(=O)Nc1nc(-c2ccc(C)cc2)cs1. The van der Waals surface area contributed by atoms with Crippen LogP contribution in [0, 0.1) is 6.92 Å². The van der Waals surface area contributed by atoms with Crippen LogP contribution in [0.5, 0.6) is 0 Å². The van der Waals surface area contributed by atoms with Crippen LogP contribution in [0.4, 0.5) is 5.13 Å². The van der Waals surface area contributed by atoms with Gasteiger partial charge in [-0.15, -0.1) is 11.3 Å². The van der Waals surface area contributed by atoms with Crippen LogP contribution in [0.3, 0.4) is 0 Å². The Balaban J connectivity index is 1.93. The van der Waals surface area contributed by atoms with Crippen molar-refractivity contribution in [3.63, 3.8) is 0 Å². The summed E-state index contributed by atoms with van der Waals surface area (Å²) in [6, 6.07) is 7.98. The molecule has 0 radical (unpaired) electrons. The lowest BCUT2D eigenvalue weighted by atomic mass is 10.1. The molecule has 0 spiro atoms. The third kappa shape index (κ3) is 4.53. The Labute approximate surface area is 132 Å². The summed E-state index contributed by atoms with van der Waals surface area (Å²) in [5, 5.41) is 4.95. The lowest BCUT2D eigenvalue weighted by Gasteiger charge is -2.02. The van der Waals surface area contributed by atoms with Crippen LogP contribution in [0.2, 0.25) is 0 Å². The van der Waals surface area contributed by atoms with E-state index < -0.39 is 11.9 Å². The number of benzene rings is 1. The summed E-state index contributed by atoms with van der Waals surface area (Å²) in [4.78, 5) is 27.1. The van der Waals surface area contributed by atoms with E-state index in [1.807, 2.05) is 36.6 Å². The number of allylic oxidation sites excluding steroid dienone is 1. The molecule has 114 valence electrons. The zero-order valence-electron chi connectivity index (χ0n) is 12.3. The summed E-state index contributed by atoms with van der Waals surface area (Å²) in [5.41, 5.74) is 2.96. The van der Waals surface area contributed by atoms with Gasteiger partial charge in [0.15, 0.2) is 11.7 Å². The maximum atomic E-state index is 11.7. The molecule has 2 rings (SSSR count). The number of hydrogen-bond donors (Lipinski definition) is 1. The number of amides is 1. The second kappa shape index (κ2) is 7.51. The van der Waals surface area contributed by atoms with Crippen LogP contribution in [-0.2, 0) is 14.3 Å². The minimum atomic E-state index is -0.544. The van der Waals surface area contributed by atoms with Gasteiger partial charge in [-0.2, -0.15) is 0 Å². The Morgan fingerprint density at radius 3 is 2.73 bits per heavy atom. The number of carbonyl (C=O) groups is 2. The Hall–Kier alpha value is -2.47. The highest BCUT2D eigenvalue weighted by Gasteiger charge is 2.09. The van der Waals surface area contributed by atoms with Gasteiger partial charge in [-0.25, -0.2) is 9.78 Å². The van der Waals surface area contributed by atoms with Gasteiger partial charge in [-0.1, -0.05) is 35.9 Å². The number of nitrogens with zero attached hydrogens (tertiary/aromatic N) is 1. The van der Waals surface area contributed by atoms with Gasteiger partial charge in [-0.05, 0) is 13.8 Å². The van der Waals surface area contributed by atoms with E-state index in [0.717, 1.165) is 11.3 Å². The first kappa shape index (κ1) is 15.9. The average molecular weight is 316 g/mol. The third-order valence-electron chi connectivity index (χ3n) is 2.75. The molecule has 0 aliphatic heterocycles. The number of anilines is 1. The molecule has 0 saturated carbocycles. The molecule has 0 fully saturated rings. The fourth-order valence-electron chi connectivity index (χ4n) is 1.66. The first-order valence-electron chi connectivity index (χ1n) is 6.70. The largest absolute Gasteiger partial charge is 0.452 e. The van der Waals surface area contributed by atoms with Gasteiger partial charge in [0, 0.05) is 17.0 Å². The maximum Gasteiger partial charge on any atom is 0.330 e. The van der Waals surface area contributed by atoms with Crippen molar-refractivity contribution in [1.82, 2.24) is 4.98 Å². The topological polar surface area (TPSA) is 68.3 Å². The Bertz CT molecular complexity index is 690. The molecule has 1 N–H and O–H groups in total. The van der Waals surface area contributed by atoms with Crippen LogP contribution >= 0.6 is 11.3 Å². The Morgan fingerprint density at radius 2 is 2.05 bits per heavy atom. The lowest BCUT2D eigenvalue weighted by molar-refractivity contribution is -0.142. The van der Waals surface area contributed by atoms with Crippen molar-refractivity contribution < 1.29 is 14.3 Å². The molecule has 1 heterocycles. The highest BCUT2D eigenvalue weighted by atomic mass is 32.1. The number of thiazole rings is 1. The van der Waals surface area contributed by atoms with Crippen LogP contribution in [-0.4, -0.2) is 23.5 Å². The summed E-state index contributed by atoms with van der Waals surface area (Å²) < 4.78 is 4.76. The summed E-state index contributed by atoms with van der Waals surface area (Å²) in [5.74, 6) is -0.959. The van der Waals surface area contributed by atoms with E-state index in [0.29, 0.717) is 5.13 Å². The van der Waals surface area contributed by atoms with Crippen molar-refractivity contribution in [2.75, 3.05) is 11.9 Å². The molecular formula is C16H16N2O3S. The van der Waals surface area contributed by atoms with Crippen molar-refractivity contribution >= 4 is 28.3 Å². The second-order valence-corrected chi connectivity index (χ2v) is 5.42. The number of aryl methyl sites for hydroxylation is 1. The van der Waals surface area contributed by atoms with Crippen LogP contribution in [0.15, 0.2) is 41.8 Å². The van der Waals surface area contributed by atoms with Crippen molar-refractivity contribution in [2.24, 2.45) is 0 Å². The number of hydrogen-bond acceptors (Lipinski definition) is 5. The summed E-state index contributed by atoms with van der Waals surface area (Å²) in [7, 11) is 0. The van der Waals surface area contributed by atoms with E-state index in [1.54, 1.807) is 13.0 Å². The van der Waals surface area contributed by atoms with E-state index in [9.17, 15) is 9.59 Å². The monoisotopic (exact) mass is 316 g/mol. The first-order valence-corrected chi connectivity index (χ1v) is 7.58. The molecular weight excluding hydrogens is 300 g/mol. The zero-order valence-corrected chi connectivity index (χ0v) is 13.1. The minimum Gasteiger partial charge on any atom is -0.452 e. The predicted molar refractivity (Wildman–Crippen MR) is 86.7 cm³/mol. The van der Waals surface area contributed by atoms with Gasteiger partial charge in [0.05, 0.1) is 5.69 Å². The summed E-state index contributed by atoms with van der Waals surface area (Å²) in [6.07, 6.45) is 2.81. The molecule has 0 aliphatic rings. The molecule has 1 aromatic heterocycles. The minimum absolute atomic E-state index is 0.331. The molecule has 0 aliphatic carbocycles. The normalized spacial score (nSPS) is 10.6. The smallest absolute Gasteiger partial charge is 0.330 e. The number of aromatic nitrogens is 1. The molecule has 0 atom stereocenters. The molecule has 6 heteroatoms. The van der Waals surface area contributed by atoms with E-state index in [-0.39, 0.29) is 6.61 Å². The fourth-order valence-corrected chi connectivity index (χ4v) is 2.40. The Morgan fingerprint density at radius 1 is 1.32 bits per heavy atom. The molecule has 2 aromatic rings. The van der Waals surface area contributed by atoms with Gasteiger partial charge in [0.1, 0.15) is 0 Å². The van der Waals surface area contributed by atoms with Crippen LogP contribution in [0.1, 0.15) is 12.5 Å². The molecule has 0 saturated heterocycles. The number of ether oxygens (including phenoxy) is 1. The van der Waals surface area contributed by atoms with Crippen molar-refractivity contribution in [3.05, 3.63) is 47.4 Å². The molecule has 5 nitrogen and oxygen atoms in total. The fraction of sp³-hybridized carbons (Fsp3) is 0.188.